The van der Waals surface area contributed by atoms with Crippen LogP contribution in [-0.4, -0.2) is 42.3 Å². The average Bonchev–Trinajstić information content (AvgIpc) is 3.48. The molecule has 33 heavy (non-hydrogen) atoms. The number of aromatic nitrogens is 4. The smallest absolute Gasteiger partial charge is 0.156 e. The Labute approximate surface area is 197 Å². The second-order valence-corrected chi connectivity index (χ2v) is 9.82. The highest BCUT2D eigenvalue weighted by Crippen LogP contribution is 2.40. The molecule has 7 nitrogen and oxygen atoms in total. The van der Waals surface area contributed by atoms with Crippen LogP contribution in [0.25, 0.3) is 33.2 Å². The van der Waals surface area contributed by atoms with Crippen LogP contribution in [0, 0.1) is 6.92 Å². The number of aryl methyl sites for hydroxylation is 1. The van der Waals surface area contributed by atoms with Crippen molar-refractivity contribution in [2.75, 3.05) is 11.9 Å². The molecule has 0 amide bonds. The minimum Gasteiger partial charge on any atom is -0.507 e. The molecule has 3 N–H and O–H groups in total. The van der Waals surface area contributed by atoms with E-state index in [9.17, 15) is 10.2 Å². The van der Waals surface area contributed by atoms with Crippen LogP contribution in [0.15, 0.2) is 42.7 Å². The highest BCUT2D eigenvalue weighted by Gasteiger charge is 2.24. The number of nitrogens with one attached hydrogen (secondary N) is 1. The molecule has 0 radical (unpaired) electrons. The van der Waals surface area contributed by atoms with Crippen molar-refractivity contribution in [3.63, 3.8) is 0 Å². The number of hydrogen-bond acceptors (Lipinski definition) is 6. The molecule has 0 saturated heterocycles. The summed E-state index contributed by atoms with van der Waals surface area (Å²) in [5.41, 5.74) is 3.10. The summed E-state index contributed by atoms with van der Waals surface area (Å²) in [6.45, 7) is 5.66. The van der Waals surface area contributed by atoms with Crippen molar-refractivity contribution >= 4 is 28.2 Å². The molecule has 1 aliphatic rings. The number of rotatable bonds is 6. The van der Waals surface area contributed by atoms with Crippen LogP contribution < -0.4 is 5.32 Å². The number of aromatic hydroxyl groups is 1. The quantitative estimate of drug-likeness (QED) is 0.357. The molecule has 0 atom stereocenters. The summed E-state index contributed by atoms with van der Waals surface area (Å²) in [5.74, 6) is 0.626. The summed E-state index contributed by atoms with van der Waals surface area (Å²) < 4.78 is 2.03. The summed E-state index contributed by atoms with van der Waals surface area (Å²) in [6, 6.07) is 9.90. The number of hydrogen-bond donors (Lipinski definition) is 3. The Balaban J connectivity index is 1.67. The van der Waals surface area contributed by atoms with Crippen molar-refractivity contribution in [3.8, 4) is 28.1 Å². The first-order valence-corrected chi connectivity index (χ1v) is 11.4. The number of aliphatic hydroxyl groups is 1. The van der Waals surface area contributed by atoms with Gasteiger partial charge in [-0.25, -0.2) is 0 Å². The van der Waals surface area contributed by atoms with E-state index in [1.54, 1.807) is 19.9 Å². The van der Waals surface area contributed by atoms with Gasteiger partial charge in [0.2, 0.25) is 0 Å². The Bertz CT molecular complexity index is 1330. The minimum atomic E-state index is -0.916. The average molecular weight is 464 g/mol. The Morgan fingerprint density at radius 3 is 2.61 bits per heavy atom. The van der Waals surface area contributed by atoms with Gasteiger partial charge in [-0.2, -0.15) is 5.10 Å². The van der Waals surface area contributed by atoms with E-state index in [1.165, 1.54) is 18.9 Å². The van der Waals surface area contributed by atoms with E-state index in [-0.39, 0.29) is 5.75 Å². The summed E-state index contributed by atoms with van der Waals surface area (Å²) in [5, 5.41) is 39.6. The third-order valence-electron chi connectivity index (χ3n) is 5.84. The molecular weight excluding hydrogens is 438 g/mol. The lowest BCUT2D eigenvalue weighted by atomic mass is 9.97. The Hall–Kier alpha value is -3.16. The molecule has 0 aliphatic heterocycles. The van der Waals surface area contributed by atoms with E-state index < -0.39 is 5.60 Å². The van der Waals surface area contributed by atoms with Crippen LogP contribution in [0.2, 0.25) is 5.02 Å². The Morgan fingerprint density at radius 2 is 1.91 bits per heavy atom. The van der Waals surface area contributed by atoms with E-state index >= 15 is 0 Å². The zero-order valence-electron chi connectivity index (χ0n) is 18.8. The number of nitrogens with zero attached hydrogens (tertiary/aromatic N) is 4. The normalized spacial score (nSPS) is 14.1. The zero-order valence-corrected chi connectivity index (χ0v) is 19.6. The molecule has 0 spiro atoms. The topological polar surface area (TPSA) is 96.1 Å². The lowest BCUT2D eigenvalue weighted by molar-refractivity contribution is 0.0944. The second-order valence-electron chi connectivity index (χ2n) is 9.38. The van der Waals surface area contributed by atoms with Crippen molar-refractivity contribution in [1.29, 1.82) is 0 Å². The van der Waals surface area contributed by atoms with Crippen molar-refractivity contribution in [3.05, 3.63) is 53.3 Å². The molecule has 0 unspecified atom stereocenters. The van der Waals surface area contributed by atoms with Gasteiger partial charge in [-0.1, -0.05) is 23.7 Å². The molecular formula is C25H26ClN5O2. The number of halogens is 1. The third kappa shape index (κ3) is 4.38. The first-order valence-electron chi connectivity index (χ1n) is 11.0. The molecule has 1 saturated carbocycles. The van der Waals surface area contributed by atoms with E-state index in [2.05, 4.69) is 32.9 Å². The molecule has 8 heteroatoms. The van der Waals surface area contributed by atoms with E-state index in [4.69, 9.17) is 11.6 Å². The molecule has 2 heterocycles. The summed E-state index contributed by atoms with van der Waals surface area (Å²) in [6.07, 6.45) is 6.31. The van der Waals surface area contributed by atoms with Gasteiger partial charge in [0.15, 0.2) is 5.82 Å². The number of benzene rings is 2. The third-order valence-corrected chi connectivity index (χ3v) is 6.06. The summed E-state index contributed by atoms with van der Waals surface area (Å²) in [4.78, 5) is 0. The van der Waals surface area contributed by atoms with Gasteiger partial charge in [-0.05, 0) is 62.9 Å². The lowest BCUT2D eigenvalue weighted by Gasteiger charge is -2.19. The molecule has 170 valence electrons. The maximum absolute atomic E-state index is 10.6. The molecule has 5 rings (SSSR count). The lowest BCUT2D eigenvalue weighted by Crippen LogP contribution is -2.29. The maximum Gasteiger partial charge on any atom is 0.156 e. The second kappa shape index (κ2) is 8.01. The van der Waals surface area contributed by atoms with Crippen LogP contribution in [-0.2, 0) is 0 Å². The molecule has 1 aliphatic carbocycles. The fourth-order valence-corrected chi connectivity index (χ4v) is 4.28. The van der Waals surface area contributed by atoms with Gasteiger partial charge in [0.25, 0.3) is 0 Å². The summed E-state index contributed by atoms with van der Waals surface area (Å²) in [7, 11) is 0. The van der Waals surface area contributed by atoms with Crippen molar-refractivity contribution in [1.82, 2.24) is 20.0 Å². The van der Waals surface area contributed by atoms with Crippen LogP contribution in [0.5, 0.6) is 5.75 Å². The first kappa shape index (κ1) is 21.7. The van der Waals surface area contributed by atoms with E-state index in [0.29, 0.717) is 34.7 Å². The van der Waals surface area contributed by atoms with Gasteiger partial charge in [0, 0.05) is 39.7 Å². The molecule has 1 fully saturated rings. The molecule has 2 aromatic carbocycles. The van der Waals surface area contributed by atoms with Gasteiger partial charge >= 0.3 is 0 Å². The number of anilines is 1. The fourth-order valence-electron chi connectivity index (χ4n) is 4.01. The minimum absolute atomic E-state index is 0.0580. The summed E-state index contributed by atoms with van der Waals surface area (Å²) >= 11 is 6.12. The van der Waals surface area contributed by atoms with Gasteiger partial charge in [0.1, 0.15) is 11.4 Å². The van der Waals surface area contributed by atoms with Gasteiger partial charge in [0.05, 0.1) is 17.8 Å². The Kier molecular flexibility index (Phi) is 5.26. The van der Waals surface area contributed by atoms with Gasteiger partial charge in [-0.3, -0.25) is 4.68 Å². The fraction of sp³-hybridized carbons (Fsp3) is 0.320. The van der Waals surface area contributed by atoms with E-state index in [1.807, 2.05) is 29.9 Å². The molecule has 0 bridgehead atoms. The number of fused-ring (bicyclic) bond motifs is 1. The van der Waals surface area contributed by atoms with Crippen LogP contribution >= 0.6 is 11.6 Å². The zero-order chi connectivity index (χ0) is 23.3. The molecule has 4 aromatic rings. The predicted octanol–water partition coefficient (Wildman–Crippen LogP) is 5.35. The largest absolute Gasteiger partial charge is 0.507 e. The van der Waals surface area contributed by atoms with Crippen LogP contribution in [0.4, 0.5) is 5.82 Å². The van der Waals surface area contributed by atoms with Crippen LogP contribution in [0.3, 0.4) is 0 Å². The highest BCUT2D eigenvalue weighted by atomic mass is 35.5. The standard InChI is InChI=1S/C25H26ClN5O2/c1-14-8-17(26)10-21(32)22(14)23-19-7-4-15(16-11-28-31(12-16)18-5-6-18)9-20(19)24(30-29-23)27-13-25(2,3)33/h4,7-12,18,32-33H,5-6,13H2,1-3H3,(H,27,30). The monoisotopic (exact) mass is 463 g/mol. The predicted molar refractivity (Wildman–Crippen MR) is 131 cm³/mol. The van der Waals surface area contributed by atoms with Crippen molar-refractivity contribution < 1.29 is 10.2 Å². The SMILES string of the molecule is Cc1cc(Cl)cc(O)c1-c1nnc(NCC(C)(C)O)c2cc(-c3cnn(C4CC4)c3)ccc12. The Morgan fingerprint density at radius 1 is 1.12 bits per heavy atom. The number of phenols is 1. The maximum atomic E-state index is 10.6. The van der Waals surface area contributed by atoms with Gasteiger partial charge < -0.3 is 15.5 Å². The highest BCUT2D eigenvalue weighted by molar-refractivity contribution is 6.31. The van der Waals surface area contributed by atoms with E-state index in [0.717, 1.165) is 27.5 Å². The number of phenolic OH excluding ortho intramolecular Hbond substituents is 1. The molecule has 2 aromatic heterocycles. The van der Waals surface area contributed by atoms with Crippen molar-refractivity contribution in [2.24, 2.45) is 0 Å². The van der Waals surface area contributed by atoms with Crippen LogP contribution in [0.1, 0.15) is 38.3 Å². The van der Waals surface area contributed by atoms with Gasteiger partial charge in [-0.15, -0.1) is 10.2 Å². The first-order chi connectivity index (χ1) is 15.7. The van der Waals surface area contributed by atoms with Crippen molar-refractivity contribution in [2.45, 2.75) is 45.3 Å².